The van der Waals surface area contributed by atoms with E-state index in [4.69, 9.17) is 35.0 Å². The van der Waals surface area contributed by atoms with Gasteiger partial charge in [-0.05, 0) is 261 Å². The fourth-order valence-electron chi connectivity index (χ4n) is 20.0. The van der Waals surface area contributed by atoms with Crippen LogP contribution in [0.5, 0.6) is 17.2 Å². The van der Waals surface area contributed by atoms with Crippen molar-refractivity contribution in [2.24, 2.45) is 0 Å². The minimum Gasteiger partial charge on any atom is -1.00 e. The van der Waals surface area contributed by atoms with E-state index >= 15 is 0 Å². The predicted octanol–water partition coefficient (Wildman–Crippen LogP) is 15.0. The van der Waals surface area contributed by atoms with E-state index in [1.54, 1.807) is 53.9 Å². The number of nitrogens with zero attached hydrogens (tertiary/aromatic N) is 10. The van der Waals surface area contributed by atoms with Crippen molar-refractivity contribution in [1.82, 2.24) is 40.1 Å². The lowest BCUT2D eigenvalue weighted by Crippen LogP contribution is -3.00. The summed E-state index contributed by atoms with van der Waals surface area (Å²) < 4.78 is 31.2. The summed E-state index contributed by atoms with van der Waals surface area (Å²) in [4.78, 5) is 28.9. The van der Waals surface area contributed by atoms with Gasteiger partial charge in [-0.1, -0.05) is 272 Å². The second kappa shape index (κ2) is 50.3. The van der Waals surface area contributed by atoms with Gasteiger partial charge in [0.05, 0.1) is 25.3 Å². The van der Waals surface area contributed by atoms with Crippen molar-refractivity contribution in [1.29, 1.82) is 0 Å². The van der Waals surface area contributed by atoms with Crippen LogP contribution < -0.4 is 79.8 Å². The third kappa shape index (κ3) is 26.4. The van der Waals surface area contributed by atoms with Gasteiger partial charge in [0.25, 0.3) is 0 Å². The number of aryl methyl sites for hydroxylation is 4. The molecule has 0 aliphatic carbocycles. The number of pyridine rings is 2. The summed E-state index contributed by atoms with van der Waals surface area (Å²) in [5, 5.41) is 56.8. The zero-order valence-electron chi connectivity index (χ0n) is 83.2. The van der Waals surface area contributed by atoms with Gasteiger partial charge in [-0.15, -0.1) is 10.2 Å². The maximum Gasteiger partial charge on any atom is 0.328 e. The van der Waals surface area contributed by atoms with Gasteiger partial charge >= 0.3 is 48.4 Å². The van der Waals surface area contributed by atoms with E-state index in [-0.39, 0.29) is 60.8 Å². The Balaban J connectivity index is 0.000000110. The molecule has 0 radical (unpaired) electrons. The molecule has 0 atom stereocenters. The predicted molar refractivity (Wildman–Crippen MR) is 605 cm³/mol. The summed E-state index contributed by atoms with van der Waals surface area (Å²) in [7, 11) is 0. The number of rotatable bonds is 20. The number of H-pyrrole nitrogens is 2. The largest absolute Gasteiger partial charge is 1.00 e. The van der Waals surface area contributed by atoms with Crippen molar-refractivity contribution < 1.29 is 60.9 Å². The maximum absolute atomic E-state index is 10.3. The first-order chi connectivity index (χ1) is 72.6. The first-order valence-corrected chi connectivity index (χ1v) is 53.4. The van der Waals surface area contributed by atoms with Crippen molar-refractivity contribution in [3.05, 3.63) is 425 Å². The molecule has 5 aromatic heterocycles. The first kappa shape index (κ1) is 104. The molecule has 0 unspecified atom stereocenters. The molecular formula is C116H111B7Cl2N12O9S3. The van der Waals surface area contributed by atoms with Gasteiger partial charge in [-0.25, -0.2) is 19.9 Å². The highest BCUT2D eigenvalue weighted by atomic mass is 35.5. The Morgan fingerprint density at radius 2 is 0.940 bits per heavy atom. The molecule has 26 rings (SSSR count). The van der Waals surface area contributed by atoms with Gasteiger partial charge in [0.1, 0.15) is 28.9 Å². The Hall–Kier alpha value is -13.3. The van der Waals surface area contributed by atoms with Crippen LogP contribution in [0.25, 0.3) is 28.0 Å². The highest BCUT2D eigenvalue weighted by Crippen LogP contribution is 2.40. The number of ether oxygens (including phenoxy) is 2. The van der Waals surface area contributed by atoms with Gasteiger partial charge < -0.3 is 75.2 Å². The van der Waals surface area contributed by atoms with E-state index in [0.29, 0.717) is 25.6 Å². The van der Waals surface area contributed by atoms with Crippen LogP contribution in [0.2, 0.25) is 50.8 Å². The number of nitrogens with one attached hydrogen (secondary N) is 2. The molecule has 13 heterocycles. The lowest BCUT2D eigenvalue weighted by molar-refractivity contribution is -0.378. The van der Waals surface area contributed by atoms with Gasteiger partial charge in [-0.2, -0.15) is 5.21 Å². The number of hydrogen-bond acceptors (Lipinski definition) is 21. The van der Waals surface area contributed by atoms with Gasteiger partial charge in [0.2, 0.25) is 11.8 Å². The quantitative estimate of drug-likeness (QED) is 0.0445. The number of tetrazole rings is 1. The number of fused-ring (bicyclic) bond motifs is 8. The topological polar surface area (TPSA) is 249 Å². The molecule has 8 aliphatic rings. The SMILES string of the molecule is CB1OCc2ccc(N(Cc3ccccc3)Cc3ccccc3)cc21.CB1OCc2cccc(OCc3ccccc3)c21.CB1OCc2cccc(Oc3ccc(-c4nn[nH]n4)cc3)c21.OB1CCc2ccc(-n3cc(Sc4ccccc4)c4cc(Cl)ccc43)cc21.OB1CCc2ccc(N3CCN(c4ncccn4)CC3)cc21.OB1CCc2ccc(Sc3cc[nH+]cc3)cc21.OB1CCc2ccc(Sc3ccccn3)cc21.[Cl-]. The third-order valence-electron chi connectivity index (χ3n) is 27.8. The Morgan fingerprint density at radius 3 is 1.53 bits per heavy atom. The molecule has 8 aliphatic heterocycles. The minimum absolute atomic E-state index is 0. The number of piperazine rings is 1. The second-order valence-corrected chi connectivity index (χ2v) is 41.4. The number of anilines is 3. The van der Waals surface area contributed by atoms with Crippen LogP contribution in [-0.2, 0) is 79.2 Å². The van der Waals surface area contributed by atoms with Crippen LogP contribution in [0.1, 0.15) is 55.6 Å². The average Bonchev–Trinajstić information content (AvgIpc) is 1.61. The molecule has 21 nitrogen and oxygen atoms in total. The first-order valence-electron chi connectivity index (χ1n) is 50.6. The van der Waals surface area contributed by atoms with Crippen LogP contribution in [0.15, 0.2) is 394 Å². The summed E-state index contributed by atoms with van der Waals surface area (Å²) in [5.74, 6) is 3.93. The summed E-state index contributed by atoms with van der Waals surface area (Å²) in [6.07, 6.45) is 18.7. The minimum atomic E-state index is -0.352. The molecule has 6 N–H and O–H groups in total. The fraction of sp³-hybridized carbons (Fsp3) is 0.181. The molecule has 1 fully saturated rings. The highest BCUT2D eigenvalue weighted by molar-refractivity contribution is 8.00. The van der Waals surface area contributed by atoms with Crippen LogP contribution >= 0.6 is 46.9 Å². The summed E-state index contributed by atoms with van der Waals surface area (Å²) in [5.41, 5.74) is 26.3. The van der Waals surface area contributed by atoms with E-state index in [0.717, 1.165) is 184 Å². The third-order valence-corrected chi connectivity index (χ3v) is 31.0. The zero-order chi connectivity index (χ0) is 101. The Labute approximate surface area is 897 Å². The molecule has 0 bridgehead atoms. The second-order valence-electron chi connectivity index (χ2n) is 37.6. The van der Waals surface area contributed by atoms with Crippen molar-refractivity contribution in [2.75, 3.05) is 40.9 Å². The zero-order valence-corrected chi connectivity index (χ0v) is 87.2. The monoisotopic (exact) mass is 2060 g/mol. The van der Waals surface area contributed by atoms with Crippen LogP contribution in [0.4, 0.5) is 17.3 Å². The van der Waals surface area contributed by atoms with Crippen molar-refractivity contribution in [3.8, 4) is 34.3 Å². The normalized spacial score (nSPS) is 13.9. The molecule has 18 aromatic rings. The molecule has 1 saturated heterocycles. The molecule has 0 amide bonds. The van der Waals surface area contributed by atoms with Gasteiger partial charge in [-0.3, -0.25) is 0 Å². The summed E-state index contributed by atoms with van der Waals surface area (Å²) in [6, 6.07) is 112. The lowest BCUT2D eigenvalue weighted by atomic mass is 9.63. The van der Waals surface area contributed by atoms with E-state index < -0.39 is 0 Å². The summed E-state index contributed by atoms with van der Waals surface area (Å²) in [6.45, 7) is 13.6. The highest BCUT2D eigenvalue weighted by Gasteiger charge is 2.34. The molecule has 149 heavy (non-hydrogen) atoms. The molecule has 742 valence electrons. The van der Waals surface area contributed by atoms with Crippen molar-refractivity contribution in [2.45, 2.75) is 140 Å². The molecule has 13 aromatic carbocycles. The van der Waals surface area contributed by atoms with Crippen LogP contribution in [0, 0.1) is 0 Å². The average molecular weight is 2060 g/mol. The number of aromatic nitrogens is 9. The van der Waals surface area contributed by atoms with E-state index in [2.05, 4.69) is 286 Å². The molecule has 0 saturated carbocycles. The Morgan fingerprint density at radius 1 is 0.430 bits per heavy atom. The van der Waals surface area contributed by atoms with Crippen molar-refractivity contribution in [3.63, 3.8) is 0 Å². The number of halogens is 2. The smallest absolute Gasteiger partial charge is 0.328 e. The Kier molecular flexibility index (Phi) is 35.2. The van der Waals surface area contributed by atoms with Gasteiger partial charge in [0, 0.05) is 134 Å². The summed E-state index contributed by atoms with van der Waals surface area (Å²) >= 11 is 11.4. The maximum atomic E-state index is 10.3. The van der Waals surface area contributed by atoms with Gasteiger partial charge in [0.15, 0.2) is 12.4 Å². The molecule has 33 heteroatoms. The van der Waals surface area contributed by atoms with Crippen molar-refractivity contribution >= 4 is 162 Å². The van der Waals surface area contributed by atoms with E-state index in [9.17, 15) is 20.1 Å². The van der Waals surface area contributed by atoms with Crippen LogP contribution in [0.3, 0.4) is 0 Å². The Bertz CT molecular complexity index is 7350. The van der Waals surface area contributed by atoms with Crippen LogP contribution in [-0.4, -0.2) is 135 Å². The molecule has 0 spiro atoms. The van der Waals surface area contributed by atoms with E-state index in [1.165, 1.54) is 97.5 Å². The number of hydrogen-bond donors (Lipinski definition) is 5. The standard InChI is InChI=1S/C22H17BClNOS.C22H22BNO.C16H19BN4O.C15H13BN4O2.C15H15BO2.2C13H12BNOS.ClH/c24-16-7-9-21-19(12-16)22(27-18-4-2-1-3-5-18)14-25(21)17-8-6-15-10-11-23(26)20(15)13-17;1-23-22-14-21(13-12-20(22)17-25-23)24(15-18-8-4-2-5-9-18)16-19-10-6-3-7-11-19;22-17-5-4-13-2-3-14(12-15(13)17)20-8-10-21(11-9-20)16-18-6-1-7-19-16;1-16-14-11(9-21-16)3-2-4-13(14)22-12-7-5-10(6-8-12)15-17-19-20-18-15;1-16-15-13(11-18-16)8-5-9-14(15)17-10-12-6-3-2-4-7-12;16-14-6-3-10-1-2-12(9-13(10)14)17-11-4-7-15-8-5-11;16-14-7-6-10-4-5-11(9-12(10)14)17-13-3-1-2-8-15-13;/h1-9,12-14,26H,10-11H2;2-14H,15-17H2,1H3;1-3,6-7,12,22H,4-5,8-11H2;2-8H,9H2,1H3,(H,17,18,19,20);2-9H,10-11H2,1H3;1-2,4-5,7-9,16H,3,6H2;1-5,8-9,16H,6-7H2;1H. The fourth-order valence-corrected chi connectivity index (χ4v) is 22.8. The molecular weight excluding hydrogens is 1950 g/mol. The lowest BCUT2D eigenvalue weighted by Gasteiger charge is -2.36. The van der Waals surface area contributed by atoms with E-state index in [1.807, 2.05) is 141 Å². The number of aromatic amines is 2. The number of benzene rings is 13.